The molecule has 21 heavy (non-hydrogen) atoms. The van der Waals surface area contributed by atoms with E-state index in [1.807, 2.05) is 44.2 Å². The molecule has 0 aromatic heterocycles. The lowest BCUT2D eigenvalue weighted by molar-refractivity contribution is -0.539. The Balaban J connectivity index is 2.80. The maximum atomic E-state index is 12.4. The van der Waals surface area contributed by atoms with Crippen LogP contribution in [0.5, 0.6) is 0 Å². The van der Waals surface area contributed by atoms with Crippen LogP contribution >= 0.6 is 0 Å². The highest BCUT2D eigenvalue weighted by atomic mass is 28.4. The molecule has 4 heteroatoms. The van der Waals surface area contributed by atoms with Gasteiger partial charge in [0.15, 0.2) is 20.1 Å². The molecule has 1 aromatic rings. The van der Waals surface area contributed by atoms with Gasteiger partial charge in [-0.2, -0.15) is 0 Å². The highest BCUT2D eigenvalue weighted by molar-refractivity contribution is 6.74. The number of benzene rings is 1. The summed E-state index contributed by atoms with van der Waals surface area (Å²) in [5.41, 5.74) is 0.332. The molecule has 3 nitrogen and oxygen atoms in total. The monoisotopic (exact) mass is 307 g/mol. The van der Waals surface area contributed by atoms with Crippen molar-refractivity contribution in [2.24, 2.45) is 0 Å². The molecular formula is C17H29NO2Si. The summed E-state index contributed by atoms with van der Waals surface area (Å²) < 4.78 is 7.20. The quantitative estimate of drug-likeness (QED) is 0.265. The standard InChI is InChI=1S/C17H29NO2Si/c1-16(2,3)21(6,7)20-14-17(4,5)18(19)13-15-11-9-8-10-12-15/h8-13H,14H2,1-7H3/b18-13-. The van der Waals surface area contributed by atoms with E-state index in [0.717, 1.165) is 10.3 Å². The van der Waals surface area contributed by atoms with Gasteiger partial charge in [-0.25, -0.2) is 4.74 Å². The Bertz CT molecular complexity index is 487. The van der Waals surface area contributed by atoms with Crippen molar-refractivity contribution in [2.45, 2.75) is 58.3 Å². The first kappa shape index (κ1) is 17.9. The van der Waals surface area contributed by atoms with Crippen molar-refractivity contribution in [1.29, 1.82) is 0 Å². The van der Waals surface area contributed by atoms with E-state index in [1.54, 1.807) is 6.21 Å². The molecule has 118 valence electrons. The minimum Gasteiger partial charge on any atom is -0.623 e. The first-order valence-corrected chi connectivity index (χ1v) is 10.4. The Kier molecular flexibility index (Phi) is 5.39. The third-order valence-electron chi connectivity index (χ3n) is 4.25. The van der Waals surface area contributed by atoms with E-state index in [1.165, 1.54) is 0 Å². The molecule has 0 amide bonds. The van der Waals surface area contributed by atoms with Crippen molar-refractivity contribution in [2.75, 3.05) is 6.61 Å². The summed E-state index contributed by atoms with van der Waals surface area (Å²) in [6.07, 6.45) is 1.63. The van der Waals surface area contributed by atoms with Gasteiger partial charge in [0.1, 0.15) is 0 Å². The summed E-state index contributed by atoms with van der Waals surface area (Å²) in [5.74, 6) is 0. The van der Waals surface area contributed by atoms with E-state index in [2.05, 4.69) is 33.9 Å². The topological polar surface area (TPSA) is 35.3 Å². The lowest BCUT2D eigenvalue weighted by Crippen LogP contribution is -2.47. The van der Waals surface area contributed by atoms with Crippen LogP contribution in [0.25, 0.3) is 0 Å². The van der Waals surface area contributed by atoms with Gasteiger partial charge in [0.2, 0.25) is 0 Å². The summed E-state index contributed by atoms with van der Waals surface area (Å²) in [4.78, 5) is 0. The fourth-order valence-corrected chi connectivity index (χ4v) is 2.63. The molecule has 1 rings (SSSR count). The zero-order valence-corrected chi connectivity index (χ0v) is 15.4. The van der Waals surface area contributed by atoms with Gasteiger partial charge in [-0.05, 0) is 30.3 Å². The molecule has 0 bridgehead atoms. The SMILES string of the molecule is CC(C)(CO[Si](C)(C)C(C)(C)C)/[N+]([O-])=C/c1ccccc1. The van der Waals surface area contributed by atoms with E-state index >= 15 is 0 Å². The van der Waals surface area contributed by atoms with E-state index in [0.29, 0.717) is 6.61 Å². The number of hydrogen-bond donors (Lipinski definition) is 0. The molecular weight excluding hydrogens is 278 g/mol. The average molecular weight is 308 g/mol. The number of rotatable bonds is 5. The molecule has 0 atom stereocenters. The molecule has 0 aliphatic heterocycles. The fraction of sp³-hybridized carbons (Fsp3) is 0.588. The molecule has 0 aliphatic carbocycles. The second-order valence-electron chi connectivity index (χ2n) is 7.73. The highest BCUT2D eigenvalue weighted by Gasteiger charge is 2.40. The summed E-state index contributed by atoms with van der Waals surface area (Å²) in [5, 5.41) is 12.6. The third kappa shape index (κ3) is 4.97. The van der Waals surface area contributed by atoms with Crippen molar-refractivity contribution in [3.63, 3.8) is 0 Å². The number of hydrogen-bond acceptors (Lipinski definition) is 2. The summed E-state index contributed by atoms with van der Waals surface area (Å²) >= 11 is 0. The Hall–Kier alpha value is -1.13. The predicted octanol–water partition coefficient (Wildman–Crippen LogP) is 4.42. The third-order valence-corrected chi connectivity index (χ3v) is 8.73. The molecule has 0 unspecified atom stereocenters. The van der Waals surface area contributed by atoms with Gasteiger partial charge in [-0.3, -0.25) is 0 Å². The molecule has 0 saturated heterocycles. The van der Waals surface area contributed by atoms with Crippen molar-refractivity contribution in [3.05, 3.63) is 41.1 Å². The molecule has 0 N–H and O–H groups in total. The van der Waals surface area contributed by atoms with Gasteiger partial charge in [0.25, 0.3) is 0 Å². The van der Waals surface area contributed by atoms with Crippen LogP contribution in [-0.4, -0.2) is 31.4 Å². The van der Waals surface area contributed by atoms with Gasteiger partial charge in [0.05, 0.1) is 6.61 Å². The molecule has 0 saturated carbocycles. The lowest BCUT2D eigenvalue weighted by Gasteiger charge is -2.38. The van der Waals surface area contributed by atoms with Crippen LogP contribution < -0.4 is 0 Å². The number of hydroxylamine groups is 1. The lowest BCUT2D eigenvalue weighted by atomic mass is 10.1. The predicted molar refractivity (Wildman–Crippen MR) is 92.5 cm³/mol. The molecule has 0 fully saturated rings. The zero-order valence-electron chi connectivity index (χ0n) is 14.4. The van der Waals surface area contributed by atoms with Gasteiger partial charge < -0.3 is 9.63 Å². The molecule has 0 heterocycles. The van der Waals surface area contributed by atoms with Crippen LogP contribution in [0.2, 0.25) is 18.1 Å². The Morgan fingerprint density at radius 1 is 1.10 bits per heavy atom. The molecule has 0 aliphatic rings. The summed E-state index contributed by atoms with van der Waals surface area (Å²) in [6, 6.07) is 9.65. The van der Waals surface area contributed by atoms with Crippen molar-refractivity contribution < 1.29 is 9.16 Å². The molecule has 0 spiro atoms. The van der Waals surface area contributed by atoms with E-state index in [-0.39, 0.29) is 5.04 Å². The smallest absolute Gasteiger partial charge is 0.192 e. The Morgan fingerprint density at radius 3 is 2.10 bits per heavy atom. The largest absolute Gasteiger partial charge is 0.623 e. The van der Waals surface area contributed by atoms with Crippen LogP contribution in [0.3, 0.4) is 0 Å². The molecule has 1 aromatic carbocycles. The summed E-state index contributed by atoms with van der Waals surface area (Å²) in [6.45, 7) is 15.3. The van der Waals surface area contributed by atoms with E-state index in [4.69, 9.17) is 4.43 Å². The van der Waals surface area contributed by atoms with Gasteiger partial charge >= 0.3 is 0 Å². The summed E-state index contributed by atoms with van der Waals surface area (Å²) in [7, 11) is -1.83. The zero-order chi connectivity index (χ0) is 16.3. The second kappa shape index (κ2) is 6.32. The molecule has 0 radical (unpaired) electrons. The van der Waals surface area contributed by atoms with Gasteiger partial charge in [-0.15, -0.1) is 0 Å². The van der Waals surface area contributed by atoms with Gasteiger partial charge in [0, 0.05) is 19.4 Å². The highest BCUT2D eigenvalue weighted by Crippen LogP contribution is 2.37. The first-order chi connectivity index (χ1) is 9.46. The maximum Gasteiger partial charge on any atom is 0.192 e. The van der Waals surface area contributed by atoms with Gasteiger partial charge in [-0.1, -0.05) is 39.0 Å². The van der Waals surface area contributed by atoms with Crippen LogP contribution in [0.1, 0.15) is 40.2 Å². The van der Waals surface area contributed by atoms with Crippen molar-refractivity contribution in [1.82, 2.24) is 0 Å². The fourth-order valence-electron chi connectivity index (χ4n) is 1.49. The van der Waals surface area contributed by atoms with Crippen LogP contribution in [0.4, 0.5) is 0 Å². The van der Waals surface area contributed by atoms with Crippen molar-refractivity contribution >= 4 is 14.5 Å². The Morgan fingerprint density at radius 2 is 1.62 bits per heavy atom. The number of nitrogens with zero attached hydrogens (tertiary/aromatic N) is 1. The Labute approximate surface area is 130 Å². The van der Waals surface area contributed by atoms with E-state index in [9.17, 15) is 5.21 Å². The minimum absolute atomic E-state index is 0.153. The van der Waals surface area contributed by atoms with E-state index < -0.39 is 13.9 Å². The average Bonchev–Trinajstić information content (AvgIpc) is 2.36. The second-order valence-corrected chi connectivity index (χ2v) is 12.5. The van der Waals surface area contributed by atoms with Crippen molar-refractivity contribution in [3.8, 4) is 0 Å². The normalized spacial score (nSPS) is 14.3. The first-order valence-electron chi connectivity index (χ1n) is 7.46. The van der Waals surface area contributed by atoms with Crippen LogP contribution in [-0.2, 0) is 4.43 Å². The van der Waals surface area contributed by atoms with Crippen LogP contribution in [0.15, 0.2) is 30.3 Å². The van der Waals surface area contributed by atoms with Crippen LogP contribution in [0, 0.1) is 5.21 Å². The maximum absolute atomic E-state index is 12.4. The minimum atomic E-state index is -1.83.